The number of nitrogens with one attached hydrogen (secondary N) is 1. The van der Waals surface area contributed by atoms with Gasteiger partial charge in [-0.25, -0.2) is 0 Å². The van der Waals surface area contributed by atoms with E-state index in [0.29, 0.717) is 6.54 Å². The van der Waals surface area contributed by atoms with Crippen LogP contribution in [0.3, 0.4) is 0 Å². The fourth-order valence-corrected chi connectivity index (χ4v) is 0. The smallest absolute Gasteiger partial charge is 0.0672 e. The van der Waals surface area contributed by atoms with Crippen LogP contribution in [0.1, 0.15) is 6.92 Å². The standard InChI is InChI=1S/C3H7BN.Y/c1-3(4)2-5;/h3,5H,2H2,1H3;/q-1;. The van der Waals surface area contributed by atoms with E-state index in [-0.39, 0.29) is 38.5 Å². The van der Waals surface area contributed by atoms with E-state index >= 15 is 0 Å². The van der Waals surface area contributed by atoms with Crippen molar-refractivity contribution in [2.75, 3.05) is 6.54 Å². The molecule has 0 bridgehead atoms. The molecular formula is C3H7BNY-. The molecule has 0 saturated carbocycles. The van der Waals surface area contributed by atoms with E-state index in [2.05, 4.69) is 0 Å². The molecule has 0 aromatic carbocycles. The molecule has 0 amide bonds. The molecule has 1 N–H and O–H groups in total. The van der Waals surface area contributed by atoms with Crippen molar-refractivity contribution < 1.29 is 32.7 Å². The van der Waals surface area contributed by atoms with Gasteiger partial charge in [-0.15, -0.1) is 0 Å². The van der Waals surface area contributed by atoms with Crippen molar-refractivity contribution in [3.63, 3.8) is 0 Å². The normalized spacial score (nSPS) is 12.3. The van der Waals surface area contributed by atoms with Crippen molar-refractivity contribution in [3.05, 3.63) is 5.73 Å². The van der Waals surface area contributed by atoms with E-state index in [1.165, 1.54) is 0 Å². The van der Waals surface area contributed by atoms with Crippen LogP contribution >= 0.6 is 0 Å². The zero-order valence-corrected chi connectivity index (χ0v) is 6.78. The molecule has 1 atom stereocenters. The van der Waals surface area contributed by atoms with Crippen molar-refractivity contribution >= 4 is 7.85 Å². The number of rotatable bonds is 1. The van der Waals surface area contributed by atoms with Gasteiger partial charge < -0.3 is 5.73 Å². The Hall–Kier alpha value is 1.13. The Morgan fingerprint density at radius 3 is 2.00 bits per heavy atom. The fraction of sp³-hybridized carbons (Fsp3) is 1.00. The van der Waals surface area contributed by atoms with Crippen LogP contribution in [0.2, 0.25) is 5.82 Å². The molecule has 0 heterocycles. The monoisotopic (exact) mass is 157 g/mol. The van der Waals surface area contributed by atoms with Gasteiger partial charge in [0.25, 0.3) is 0 Å². The molecule has 0 aliphatic heterocycles. The molecule has 6 heavy (non-hydrogen) atoms. The van der Waals surface area contributed by atoms with Gasteiger partial charge in [0.1, 0.15) is 0 Å². The summed E-state index contributed by atoms with van der Waals surface area (Å²) in [5.74, 6) is 0.0509. The Bertz CT molecular complexity index is 24.8. The molecule has 0 spiro atoms. The first-order chi connectivity index (χ1) is 2.27. The summed E-state index contributed by atoms with van der Waals surface area (Å²) in [6, 6.07) is 0. The van der Waals surface area contributed by atoms with Gasteiger partial charge in [0.2, 0.25) is 0 Å². The Kier molecular flexibility index (Phi) is 10.4. The van der Waals surface area contributed by atoms with Gasteiger partial charge in [0.05, 0.1) is 7.85 Å². The largest absolute Gasteiger partial charge is 0.678 e. The topological polar surface area (TPSA) is 23.8 Å². The van der Waals surface area contributed by atoms with E-state index in [9.17, 15) is 0 Å². The van der Waals surface area contributed by atoms with Crippen molar-refractivity contribution in [3.8, 4) is 0 Å². The van der Waals surface area contributed by atoms with Crippen molar-refractivity contribution in [1.29, 1.82) is 0 Å². The summed E-state index contributed by atoms with van der Waals surface area (Å²) < 4.78 is 0. The fourth-order valence-electron chi connectivity index (χ4n) is 0. The third-order valence-electron chi connectivity index (χ3n) is 0.322. The molecule has 0 aromatic heterocycles. The molecule has 0 aliphatic carbocycles. The van der Waals surface area contributed by atoms with Gasteiger partial charge >= 0.3 is 0 Å². The van der Waals surface area contributed by atoms with Gasteiger partial charge in [-0.3, -0.25) is 0 Å². The molecule has 0 aliphatic rings. The third kappa shape index (κ3) is 8.93. The Morgan fingerprint density at radius 2 is 2.00 bits per heavy atom. The Morgan fingerprint density at radius 1 is 1.83 bits per heavy atom. The minimum atomic E-state index is 0. The zero-order valence-electron chi connectivity index (χ0n) is 3.94. The molecule has 0 aromatic rings. The van der Waals surface area contributed by atoms with Crippen molar-refractivity contribution in [1.82, 2.24) is 0 Å². The van der Waals surface area contributed by atoms with Gasteiger partial charge in [-0.05, 0) is 0 Å². The third-order valence-corrected chi connectivity index (χ3v) is 0.322. The average Bonchev–Trinajstić information content (AvgIpc) is 1.38. The molecule has 0 saturated heterocycles. The number of hydrogen-bond acceptors (Lipinski definition) is 0. The average molecular weight is 157 g/mol. The molecule has 1 nitrogen and oxygen atoms in total. The quantitative estimate of drug-likeness (QED) is 0.507. The van der Waals surface area contributed by atoms with Crippen molar-refractivity contribution in [2.24, 2.45) is 0 Å². The van der Waals surface area contributed by atoms with Gasteiger partial charge in [0.15, 0.2) is 0 Å². The molecule has 1 unspecified atom stereocenters. The first kappa shape index (κ1) is 10.2. The van der Waals surface area contributed by atoms with Crippen LogP contribution in [0.15, 0.2) is 0 Å². The maximum absolute atomic E-state index is 6.53. The van der Waals surface area contributed by atoms with Gasteiger partial charge in [0, 0.05) is 32.7 Å². The van der Waals surface area contributed by atoms with Crippen LogP contribution in [0.4, 0.5) is 0 Å². The summed E-state index contributed by atoms with van der Waals surface area (Å²) in [6.07, 6.45) is 0. The summed E-state index contributed by atoms with van der Waals surface area (Å²) in [6.45, 7) is 2.15. The molecule has 3 radical (unpaired) electrons. The molecule has 31 valence electrons. The number of hydrogen-bond donors (Lipinski definition) is 0. The van der Waals surface area contributed by atoms with Crippen LogP contribution in [-0.2, 0) is 32.7 Å². The van der Waals surface area contributed by atoms with Crippen LogP contribution in [0, 0.1) is 0 Å². The Labute approximate surface area is 65.3 Å². The maximum Gasteiger partial charge on any atom is 0.0672 e. The predicted molar refractivity (Wildman–Crippen MR) is 24.4 cm³/mol. The summed E-state index contributed by atoms with van der Waals surface area (Å²) in [7, 11) is 5.10. The van der Waals surface area contributed by atoms with E-state index < -0.39 is 0 Å². The Balaban J connectivity index is 0. The van der Waals surface area contributed by atoms with E-state index in [0.717, 1.165) is 0 Å². The second-order valence-electron chi connectivity index (χ2n) is 1.18. The minimum absolute atomic E-state index is 0. The predicted octanol–water partition coefficient (Wildman–Crippen LogP) is 1.01. The van der Waals surface area contributed by atoms with Gasteiger partial charge in [-0.1, -0.05) is 12.7 Å². The first-order valence-electron chi connectivity index (χ1n) is 1.67. The van der Waals surface area contributed by atoms with E-state index in [1.807, 2.05) is 6.92 Å². The molecule has 0 rings (SSSR count). The van der Waals surface area contributed by atoms with Crippen LogP contribution < -0.4 is 0 Å². The minimum Gasteiger partial charge on any atom is -0.678 e. The second kappa shape index (κ2) is 6.13. The van der Waals surface area contributed by atoms with Crippen LogP contribution in [0.25, 0.3) is 5.73 Å². The summed E-state index contributed by atoms with van der Waals surface area (Å²) >= 11 is 0. The second-order valence-corrected chi connectivity index (χ2v) is 1.18. The molecule has 0 fully saturated rings. The van der Waals surface area contributed by atoms with E-state index in [4.69, 9.17) is 13.6 Å². The summed E-state index contributed by atoms with van der Waals surface area (Å²) in [5.41, 5.74) is 6.53. The van der Waals surface area contributed by atoms with E-state index in [1.54, 1.807) is 0 Å². The summed E-state index contributed by atoms with van der Waals surface area (Å²) in [4.78, 5) is 0. The molecular weight excluding hydrogens is 150 g/mol. The van der Waals surface area contributed by atoms with Crippen LogP contribution in [-0.4, -0.2) is 14.4 Å². The molecule has 3 heteroatoms. The maximum atomic E-state index is 6.53. The first-order valence-corrected chi connectivity index (χ1v) is 1.67. The van der Waals surface area contributed by atoms with Crippen molar-refractivity contribution in [2.45, 2.75) is 12.7 Å². The van der Waals surface area contributed by atoms with Gasteiger partial charge in [-0.2, -0.15) is 6.54 Å². The summed E-state index contributed by atoms with van der Waals surface area (Å²) in [5, 5.41) is 0. The van der Waals surface area contributed by atoms with Crippen LogP contribution in [0.5, 0.6) is 0 Å². The SMILES string of the molecule is [B]C(C)C[NH-].[Y]. The zero-order chi connectivity index (χ0) is 4.28.